The fourth-order valence-corrected chi connectivity index (χ4v) is 5.80. The van der Waals surface area contributed by atoms with Gasteiger partial charge in [0.05, 0.1) is 4.90 Å². The number of hydrogen-bond acceptors (Lipinski definition) is 3. The van der Waals surface area contributed by atoms with Crippen LogP contribution in [-0.4, -0.2) is 37.8 Å². The molecule has 1 fully saturated rings. The summed E-state index contributed by atoms with van der Waals surface area (Å²) in [7, 11) is -3.59. The number of rotatable bonds is 3. The van der Waals surface area contributed by atoms with Gasteiger partial charge in [0.15, 0.2) is 0 Å². The number of para-hydroxylation sites is 1. The van der Waals surface area contributed by atoms with Crippen molar-refractivity contribution < 1.29 is 13.2 Å². The largest absolute Gasteiger partial charge is 0.308 e. The fraction of sp³-hybridized carbons (Fsp3) is 0.381. The molecule has 0 saturated carbocycles. The van der Waals surface area contributed by atoms with Gasteiger partial charge in [-0.1, -0.05) is 30.7 Å². The molecule has 0 spiro atoms. The number of hydrogen-bond donors (Lipinski definition) is 0. The van der Waals surface area contributed by atoms with Crippen molar-refractivity contribution in [3.8, 4) is 0 Å². The molecule has 1 amide bonds. The lowest BCUT2D eigenvalue weighted by Gasteiger charge is -2.32. The predicted molar refractivity (Wildman–Crippen MR) is 105 cm³/mol. The molecule has 1 unspecified atom stereocenters. The van der Waals surface area contributed by atoms with Gasteiger partial charge in [-0.15, -0.1) is 0 Å². The molecule has 1 atom stereocenters. The van der Waals surface area contributed by atoms with E-state index >= 15 is 0 Å². The highest BCUT2D eigenvalue weighted by Gasteiger charge is 2.32. The van der Waals surface area contributed by atoms with Crippen molar-refractivity contribution in [1.82, 2.24) is 4.31 Å². The number of piperidine rings is 1. The highest BCUT2D eigenvalue weighted by atomic mass is 32.2. The van der Waals surface area contributed by atoms with Crippen LogP contribution in [0.2, 0.25) is 0 Å². The van der Waals surface area contributed by atoms with E-state index in [1.807, 2.05) is 31.2 Å². The van der Waals surface area contributed by atoms with Crippen molar-refractivity contribution in [2.75, 3.05) is 18.0 Å². The van der Waals surface area contributed by atoms with Crippen molar-refractivity contribution in [3.05, 3.63) is 59.7 Å². The number of sulfonamides is 1. The van der Waals surface area contributed by atoms with Gasteiger partial charge < -0.3 is 4.90 Å². The number of anilines is 1. The zero-order valence-corrected chi connectivity index (χ0v) is 16.3. The lowest BCUT2D eigenvalue weighted by atomic mass is 10.1. The number of carbonyl (C=O) groups excluding carboxylic acids is 1. The summed E-state index contributed by atoms with van der Waals surface area (Å²) in [5.41, 5.74) is 2.48. The van der Waals surface area contributed by atoms with Gasteiger partial charge in [0.25, 0.3) is 5.91 Å². The minimum atomic E-state index is -3.59. The summed E-state index contributed by atoms with van der Waals surface area (Å²) < 4.78 is 27.8. The Hall–Kier alpha value is -2.18. The van der Waals surface area contributed by atoms with E-state index in [9.17, 15) is 13.2 Å². The fourth-order valence-electron chi connectivity index (χ4n) is 4.06. The standard InChI is InChI=1S/C21H24N2O3S/c1-16-7-4-5-13-23(16)27(25,26)19-10-6-9-18(15-19)21(24)22-14-12-17-8-2-3-11-20(17)22/h2-3,6,8-11,15-16H,4-5,7,12-14H2,1H3. The van der Waals surface area contributed by atoms with Crippen molar-refractivity contribution in [1.29, 1.82) is 0 Å². The molecule has 0 bridgehead atoms. The molecule has 27 heavy (non-hydrogen) atoms. The molecule has 0 N–H and O–H groups in total. The third kappa shape index (κ3) is 3.28. The maximum Gasteiger partial charge on any atom is 0.258 e. The molecule has 6 heteroatoms. The van der Waals surface area contributed by atoms with E-state index in [4.69, 9.17) is 0 Å². The van der Waals surface area contributed by atoms with Gasteiger partial charge in [0, 0.05) is 30.4 Å². The van der Waals surface area contributed by atoms with E-state index in [0.29, 0.717) is 18.7 Å². The van der Waals surface area contributed by atoms with Crippen LogP contribution < -0.4 is 4.90 Å². The number of fused-ring (bicyclic) bond motifs is 1. The topological polar surface area (TPSA) is 57.7 Å². The summed E-state index contributed by atoms with van der Waals surface area (Å²) in [4.78, 5) is 15.0. The lowest BCUT2D eigenvalue weighted by Crippen LogP contribution is -2.42. The van der Waals surface area contributed by atoms with E-state index in [0.717, 1.165) is 36.9 Å². The van der Waals surface area contributed by atoms with Crippen LogP contribution in [0.3, 0.4) is 0 Å². The molecular formula is C21H24N2O3S. The molecule has 0 aliphatic carbocycles. The summed E-state index contributed by atoms with van der Waals surface area (Å²) >= 11 is 0. The van der Waals surface area contributed by atoms with Crippen LogP contribution >= 0.6 is 0 Å². The number of nitrogens with zero attached hydrogens (tertiary/aromatic N) is 2. The Bertz CT molecular complexity index is 971. The Kier molecular flexibility index (Phi) is 4.78. The van der Waals surface area contributed by atoms with Gasteiger partial charge in [0.1, 0.15) is 0 Å². The molecule has 0 aromatic heterocycles. The van der Waals surface area contributed by atoms with E-state index in [1.54, 1.807) is 27.4 Å². The average Bonchev–Trinajstić information content (AvgIpc) is 3.12. The summed E-state index contributed by atoms with van der Waals surface area (Å²) in [5, 5.41) is 0. The van der Waals surface area contributed by atoms with E-state index in [1.165, 1.54) is 6.07 Å². The zero-order valence-electron chi connectivity index (χ0n) is 15.5. The first kappa shape index (κ1) is 18.2. The first-order chi connectivity index (χ1) is 13.0. The van der Waals surface area contributed by atoms with Crippen LogP contribution in [0.1, 0.15) is 42.1 Å². The third-order valence-corrected chi connectivity index (χ3v) is 7.57. The maximum absolute atomic E-state index is 13.1. The highest BCUT2D eigenvalue weighted by Crippen LogP contribution is 2.30. The van der Waals surface area contributed by atoms with E-state index < -0.39 is 10.0 Å². The maximum atomic E-state index is 13.1. The first-order valence-electron chi connectivity index (χ1n) is 9.50. The second-order valence-electron chi connectivity index (χ2n) is 7.32. The summed E-state index contributed by atoms with van der Waals surface area (Å²) in [6.07, 6.45) is 3.64. The molecule has 142 valence electrons. The van der Waals surface area contributed by atoms with Crippen LogP contribution in [0.5, 0.6) is 0 Å². The van der Waals surface area contributed by atoms with Crippen LogP contribution in [-0.2, 0) is 16.4 Å². The predicted octanol–water partition coefficient (Wildman–Crippen LogP) is 3.45. The Labute approximate surface area is 160 Å². The quantitative estimate of drug-likeness (QED) is 0.814. The molecule has 2 aliphatic rings. The Morgan fingerprint density at radius 1 is 1.04 bits per heavy atom. The van der Waals surface area contributed by atoms with Crippen LogP contribution in [0, 0.1) is 0 Å². The lowest BCUT2D eigenvalue weighted by molar-refractivity contribution is 0.0989. The first-order valence-corrected chi connectivity index (χ1v) is 10.9. The van der Waals surface area contributed by atoms with Gasteiger partial charge in [-0.3, -0.25) is 4.79 Å². The van der Waals surface area contributed by atoms with E-state index in [-0.39, 0.29) is 16.8 Å². The smallest absolute Gasteiger partial charge is 0.258 e. The van der Waals surface area contributed by atoms with Crippen LogP contribution in [0.15, 0.2) is 53.4 Å². The summed E-state index contributed by atoms with van der Waals surface area (Å²) in [6.45, 7) is 3.12. The van der Waals surface area contributed by atoms with Gasteiger partial charge in [-0.05, 0) is 56.0 Å². The zero-order chi connectivity index (χ0) is 19.0. The molecule has 5 nitrogen and oxygen atoms in total. The summed E-state index contributed by atoms with van der Waals surface area (Å²) in [5.74, 6) is -0.149. The van der Waals surface area contributed by atoms with Gasteiger partial charge in [0.2, 0.25) is 10.0 Å². The van der Waals surface area contributed by atoms with E-state index in [2.05, 4.69) is 0 Å². The minimum absolute atomic E-state index is 0.00596. The molecule has 2 aliphatic heterocycles. The average molecular weight is 385 g/mol. The molecule has 2 heterocycles. The van der Waals surface area contributed by atoms with Gasteiger partial charge in [-0.25, -0.2) is 8.42 Å². The molecule has 2 aromatic rings. The van der Waals surface area contributed by atoms with Crippen LogP contribution in [0.4, 0.5) is 5.69 Å². The van der Waals surface area contributed by atoms with Crippen molar-refractivity contribution in [2.24, 2.45) is 0 Å². The van der Waals surface area contributed by atoms with Gasteiger partial charge >= 0.3 is 0 Å². The number of benzene rings is 2. The second-order valence-corrected chi connectivity index (χ2v) is 9.21. The molecule has 0 radical (unpaired) electrons. The normalized spacial score (nSPS) is 20.5. The van der Waals surface area contributed by atoms with Gasteiger partial charge in [-0.2, -0.15) is 4.31 Å². The molecule has 1 saturated heterocycles. The third-order valence-electron chi connectivity index (χ3n) is 5.56. The summed E-state index contributed by atoms with van der Waals surface area (Å²) in [6, 6.07) is 14.3. The Morgan fingerprint density at radius 2 is 1.85 bits per heavy atom. The number of carbonyl (C=O) groups is 1. The molecular weight excluding hydrogens is 360 g/mol. The number of amides is 1. The van der Waals surface area contributed by atoms with Crippen molar-refractivity contribution in [3.63, 3.8) is 0 Å². The highest BCUT2D eigenvalue weighted by molar-refractivity contribution is 7.89. The molecule has 2 aromatic carbocycles. The van der Waals surface area contributed by atoms with Crippen molar-refractivity contribution in [2.45, 2.75) is 43.5 Å². The van der Waals surface area contributed by atoms with Crippen molar-refractivity contribution >= 4 is 21.6 Å². The minimum Gasteiger partial charge on any atom is -0.308 e. The van der Waals surface area contributed by atoms with Crippen LogP contribution in [0.25, 0.3) is 0 Å². The molecule has 4 rings (SSSR count). The second kappa shape index (κ2) is 7.09. The monoisotopic (exact) mass is 384 g/mol. The Morgan fingerprint density at radius 3 is 2.67 bits per heavy atom. The SMILES string of the molecule is CC1CCCCN1S(=O)(=O)c1cccc(C(=O)N2CCc3ccccc32)c1. The Balaban J connectivity index is 1.64.